The summed E-state index contributed by atoms with van der Waals surface area (Å²) in [7, 11) is 0. The number of amides is 1. The Morgan fingerprint density at radius 1 is 1.40 bits per heavy atom. The fraction of sp³-hybridized carbons (Fsp3) is 0.562. The SMILES string of the molecule is CC(CNC(=O)C(C)N1CC[C@H](O)C1)c1ccccc1. The number of hydrogen-bond donors (Lipinski definition) is 2. The number of rotatable bonds is 5. The van der Waals surface area contributed by atoms with E-state index in [0.29, 0.717) is 19.0 Å². The molecule has 1 aromatic carbocycles. The summed E-state index contributed by atoms with van der Waals surface area (Å²) in [5, 5.41) is 12.5. The van der Waals surface area contributed by atoms with Gasteiger partial charge in [-0.15, -0.1) is 0 Å². The van der Waals surface area contributed by atoms with E-state index < -0.39 is 0 Å². The maximum absolute atomic E-state index is 12.1. The molecular formula is C16H24N2O2. The lowest BCUT2D eigenvalue weighted by atomic mass is 10.0. The monoisotopic (exact) mass is 276 g/mol. The first-order valence-corrected chi connectivity index (χ1v) is 7.32. The van der Waals surface area contributed by atoms with Crippen LogP contribution in [0.5, 0.6) is 0 Å². The second kappa shape index (κ2) is 6.86. The van der Waals surface area contributed by atoms with Gasteiger partial charge in [-0.05, 0) is 24.8 Å². The van der Waals surface area contributed by atoms with Crippen molar-refractivity contribution >= 4 is 5.91 Å². The van der Waals surface area contributed by atoms with Crippen LogP contribution in [0.1, 0.15) is 31.7 Å². The number of carbonyl (C=O) groups is 1. The highest BCUT2D eigenvalue weighted by atomic mass is 16.3. The molecule has 110 valence electrons. The largest absolute Gasteiger partial charge is 0.392 e. The summed E-state index contributed by atoms with van der Waals surface area (Å²) in [4.78, 5) is 14.2. The molecule has 4 nitrogen and oxygen atoms in total. The molecule has 1 aliphatic rings. The van der Waals surface area contributed by atoms with Crippen molar-refractivity contribution in [2.45, 2.75) is 38.3 Å². The molecule has 1 heterocycles. The third-order valence-corrected chi connectivity index (χ3v) is 4.07. The van der Waals surface area contributed by atoms with Gasteiger partial charge in [0.1, 0.15) is 0 Å². The van der Waals surface area contributed by atoms with E-state index >= 15 is 0 Å². The Kier molecular flexibility index (Phi) is 5.15. The lowest BCUT2D eigenvalue weighted by Gasteiger charge is -2.23. The summed E-state index contributed by atoms with van der Waals surface area (Å²) < 4.78 is 0. The van der Waals surface area contributed by atoms with E-state index in [1.807, 2.05) is 30.0 Å². The molecule has 0 radical (unpaired) electrons. The number of nitrogens with zero attached hydrogens (tertiary/aromatic N) is 1. The van der Waals surface area contributed by atoms with Gasteiger partial charge in [-0.3, -0.25) is 9.69 Å². The predicted octanol–water partition coefficient (Wildman–Crippen LogP) is 1.36. The van der Waals surface area contributed by atoms with Crippen LogP contribution in [0.4, 0.5) is 0 Å². The van der Waals surface area contributed by atoms with E-state index in [-0.39, 0.29) is 18.1 Å². The second-order valence-corrected chi connectivity index (χ2v) is 5.67. The summed E-state index contributed by atoms with van der Waals surface area (Å²) in [6.45, 7) is 6.05. The Balaban J connectivity index is 1.80. The molecule has 0 aromatic heterocycles. The summed E-state index contributed by atoms with van der Waals surface area (Å²) in [5.74, 6) is 0.346. The van der Waals surface area contributed by atoms with Crippen molar-refractivity contribution in [2.24, 2.45) is 0 Å². The molecule has 0 spiro atoms. The lowest BCUT2D eigenvalue weighted by molar-refractivity contribution is -0.125. The molecule has 1 fully saturated rings. The third kappa shape index (κ3) is 3.81. The molecule has 2 rings (SSSR count). The molecule has 1 aliphatic heterocycles. The minimum absolute atomic E-state index is 0.0434. The van der Waals surface area contributed by atoms with Crippen molar-refractivity contribution < 1.29 is 9.90 Å². The highest BCUT2D eigenvalue weighted by Gasteiger charge is 2.28. The van der Waals surface area contributed by atoms with Crippen molar-refractivity contribution in [1.82, 2.24) is 10.2 Å². The lowest BCUT2D eigenvalue weighted by Crippen LogP contribution is -2.45. The van der Waals surface area contributed by atoms with E-state index in [1.165, 1.54) is 5.56 Å². The molecule has 3 atom stereocenters. The first-order chi connectivity index (χ1) is 9.58. The Morgan fingerprint density at radius 3 is 2.70 bits per heavy atom. The number of benzene rings is 1. The van der Waals surface area contributed by atoms with E-state index in [0.717, 1.165) is 13.0 Å². The molecule has 1 amide bonds. The van der Waals surface area contributed by atoms with Gasteiger partial charge in [0.25, 0.3) is 0 Å². The molecule has 2 unspecified atom stereocenters. The molecule has 1 saturated heterocycles. The summed E-state index contributed by atoms with van der Waals surface area (Å²) in [6.07, 6.45) is 0.478. The zero-order chi connectivity index (χ0) is 14.5. The summed E-state index contributed by atoms with van der Waals surface area (Å²) in [6, 6.07) is 10.0. The smallest absolute Gasteiger partial charge is 0.237 e. The van der Waals surface area contributed by atoms with Gasteiger partial charge in [0, 0.05) is 19.6 Å². The Bertz CT molecular complexity index is 435. The number of aliphatic hydroxyl groups excluding tert-OH is 1. The van der Waals surface area contributed by atoms with Crippen LogP contribution >= 0.6 is 0 Å². The Hall–Kier alpha value is -1.39. The van der Waals surface area contributed by atoms with Crippen molar-refractivity contribution in [3.63, 3.8) is 0 Å². The zero-order valence-corrected chi connectivity index (χ0v) is 12.2. The molecule has 0 saturated carbocycles. The van der Waals surface area contributed by atoms with Crippen LogP contribution in [0.25, 0.3) is 0 Å². The van der Waals surface area contributed by atoms with Crippen molar-refractivity contribution in [1.29, 1.82) is 0 Å². The molecule has 0 bridgehead atoms. The average Bonchev–Trinajstić information content (AvgIpc) is 2.91. The fourth-order valence-corrected chi connectivity index (χ4v) is 2.59. The maximum Gasteiger partial charge on any atom is 0.237 e. The maximum atomic E-state index is 12.1. The number of aliphatic hydroxyl groups is 1. The van der Waals surface area contributed by atoms with Crippen LogP contribution in [-0.2, 0) is 4.79 Å². The van der Waals surface area contributed by atoms with Crippen LogP contribution in [0.2, 0.25) is 0 Å². The number of nitrogens with one attached hydrogen (secondary N) is 1. The van der Waals surface area contributed by atoms with Gasteiger partial charge in [0.15, 0.2) is 0 Å². The minimum Gasteiger partial charge on any atom is -0.392 e. The van der Waals surface area contributed by atoms with Gasteiger partial charge >= 0.3 is 0 Å². The van der Waals surface area contributed by atoms with Gasteiger partial charge in [0.05, 0.1) is 12.1 Å². The first kappa shape index (κ1) is 15.0. The molecule has 20 heavy (non-hydrogen) atoms. The zero-order valence-electron chi connectivity index (χ0n) is 12.2. The highest BCUT2D eigenvalue weighted by Crippen LogP contribution is 2.15. The van der Waals surface area contributed by atoms with Crippen LogP contribution in [0.3, 0.4) is 0 Å². The van der Waals surface area contributed by atoms with Gasteiger partial charge in [0.2, 0.25) is 5.91 Å². The van der Waals surface area contributed by atoms with Crippen LogP contribution in [-0.4, -0.2) is 47.7 Å². The molecule has 4 heteroatoms. The summed E-state index contributed by atoms with van der Waals surface area (Å²) in [5.41, 5.74) is 1.23. The Morgan fingerprint density at radius 2 is 2.10 bits per heavy atom. The van der Waals surface area contributed by atoms with Crippen molar-refractivity contribution in [2.75, 3.05) is 19.6 Å². The van der Waals surface area contributed by atoms with Gasteiger partial charge in [-0.25, -0.2) is 0 Å². The summed E-state index contributed by atoms with van der Waals surface area (Å²) >= 11 is 0. The normalized spacial score (nSPS) is 22.4. The van der Waals surface area contributed by atoms with Crippen LogP contribution in [0.15, 0.2) is 30.3 Å². The topological polar surface area (TPSA) is 52.6 Å². The highest BCUT2D eigenvalue weighted by molar-refractivity contribution is 5.81. The average molecular weight is 276 g/mol. The number of hydrogen-bond acceptors (Lipinski definition) is 3. The van der Waals surface area contributed by atoms with E-state index in [1.54, 1.807) is 0 Å². The fourth-order valence-electron chi connectivity index (χ4n) is 2.59. The van der Waals surface area contributed by atoms with Gasteiger partial charge in [-0.1, -0.05) is 37.3 Å². The number of β-amino-alcohol motifs (C(OH)–C–C–N with tert-alkyl or cyclic N) is 1. The molecule has 2 N–H and O–H groups in total. The van der Waals surface area contributed by atoms with Gasteiger partial charge < -0.3 is 10.4 Å². The van der Waals surface area contributed by atoms with Crippen LogP contribution < -0.4 is 5.32 Å². The first-order valence-electron chi connectivity index (χ1n) is 7.32. The van der Waals surface area contributed by atoms with E-state index in [2.05, 4.69) is 24.4 Å². The molecular weight excluding hydrogens is 252 g/mol. The quantitative estimate of drug-likeness (QED) is 0.854. The minimum atomic E-state index is -0.284. The number of likely N-dealkylation sites (tertiary alicyclic amines) is 1. The molecule has 0 aliphatic carbocycles. The Labute approximate surface area is 120 Å². The van der Waals surface area contributed by atoms with Crippen LogP contribution in [0, 0.1) is 0 Å². The standard InChI is InChI=1S/C16H24N2O2/c1-12(14-6-4-3-5-7-14)10-17-16(20)13(2)18-9-8-15(19)11-18/h3-7,12-13,15,19H,8-11H2,1-2H3,(H,17,20)/t12?,13?,15-/m0/s1. The van der Waals surface area contributed by atoms with E-state index in [4.69, 9.17) is 0 Å². The second-order valence-electron chi connectivity index (χ2n) is 5.67. The van der Waals surface area contributed by atoms with Crippen molar-refractivity contribution in [3.8, 4) is 0 Å². The number of carbonyl (C=O) groups excluding carboxylic acids is 1. The predicted molar refractivity (Wildman–Crippen MR) is 79.5 cm³/mol. The molecule has 1 aromatic rings. The van der Waals surface area contributed by atoms with Crippen molar-refractivity contribution in [3.05, 3.63) is 35.9 Å². The van der Waals surface area contributed by atoms with E-state index in [9.17, 15) is 9.90 Å². The van der Waals surface area contributed by atoms with Gasteiger partial charge in [-0.2, -0.15) is 0 Å². The third-order valence-electron chi connectivity index (χ3n) is 4.07.